The lowest BCUT2D eigenvalue weighted by atomic mass is 10.1. The van der Waals surface area contributed by atoms with Gasteiger partial charge in [0, 0.05) is 11.1 Å². The average Bonchev–Trinajstić information content (AvgIpc) is 2.33. The van der Waals surface area contributed by atoms with Crippen LogP contribution in [0.25, 0.3) is 11.3 Å². The molecule has 3 nitrogen and oxygen atoms in total. The molecule has 0 atom stereocenters. The van der Waals surface area contributed by atoms with E-state index >= 15 is 0 Å². The van der Waals surface area contributed by atoms with Crippen molar-refractivity contribution in [1.29, 1.82) is 0 Å². The van der Waals surface area contributed by atoms with Crippen LogP contribution in [0, 0.1) is 6.92 Å². The maximum absolute atomic E-state index is 6.03. The lowest BCUT2D eigenvalue weighted by molar-refractivity contribution is 0.243. The quantitative estimate of drug-likeness (QED) is 0.787. The monoisotopic (exact) mass is 262 g/mol. The van der Waals surface area contributed by atoms with Crippen molar-refractivity contribution in [3.05, 3.63) is 41.3 Å². The highest BCUT2D eigenvalue weighted by molar-refractivity contribution is 6.30. The molecule has 94 valence electrons. The van der Waals surface area contributed by atoms with Gasteiger partial charge < -0.3 is 4.74 Å². The minimum Gasteiger partial charge on any atom is -0.490 e. The summed E-state index contributed by atoms with van der Waals surface area (Å²) in [5.41, 5.74) is 2.61. The predicted octanol–water partition coefficient (Wildman–Crippen LogP) is 3.89. The Labute approximate surface area is 112 Å². The number of para-hydroxylation sites is 1. The Morgan fingerprint density at radius 3 is 2.61 bits per heavy atom. The lowest BCUT2D eigenvalue weighted by Gasteiger charge is -2.14. The molecule has 0 saturated carbocycles. The summed E-state index contributed by atoms with van der Waals surface area (Å²) in [7, 11) is 0. The van der Waals surface area contributed by atoms with Gasteiger partial charge in [-0.25, -0.2) is 9.97 Å². The summed E-state index contributed by atoms with van der Waals surface area (Å²) in [6, 6.07) is 7.81. The first-order valence-corrected chi connectivity index (χ1v) is 6.20. The zero-order chi connectivity index (χ0) is 13.1. The fourth-order valence-corrected chi connectivity index (χ4v) is 1.85. The van der Waals surface area contributed by atoms with E-state index in [-0.39, 0.29) is 6.10 Å². The van der Waals surface area contributed by atoms with Crippen LogP contribution < -0.4 is 4.74 Å². The van der Waals surface area contributed by atoms with Crippen molar-refractivity contribution in [1.82, 2.24) is 9.97 Å². The zero-order valence-corrected chi connectivity index (χ0v) is 11.4. The Balaban J connectivity index is 2.53. The summed E-state index contributed by atoms with van der Waals surface area (Å²) in [4.78, 5) is 8.27. The van der Waals surface area contributed by atoms with Crippen molar-refractivity contribution in [2.24, 2.45) is 0 Å². The minimum absolute atomic E-state index is 0.115. The fraction of sp³-hybridized carbons (Fsp3) is 0.286. The van der Waals surface area contributed by atoms with Gasteiger partial charge in [0.15, 0.2) is 0 Å². The van der Waals surface area contributed by atoms with Crippen LogP contribution in [0.2, 0.25) is 5.15 Å². The summed E-state index contributed by atoms with van der Waals surface area (Å²) >= 11 is 6.03. The molecule has 1 heterocycles. The molecule has 4 heteroatoms. The van der Waals surface area contributed by atoms with E-state index in [0.29, 0.717) is 5.15 Å². The van der Waals surface area contributed by atoms with Crippen LogP contribution in [0.4, 0.5) is 0 Å². The van der Waals surface area contributed by atoms with E-state index in [0.717, 1.165) is 22.6 Å². The number of hydrogen-bond acceptors (Lipinski definition) is 3. The molecule has 0 aliphatic carbocycles. The van der Waals surface area contributed by atoms with Gasteiger partial charge in [0.1, 0.15) is 17.2 Å². The van der Waals surface area contributed by atoms with Crippen LogP contribution in [0.1, 0.15) is 19.4 Å². The predicted molar refractivity (Wildman–Crippen MR) is 73.0 cm³/mol. The standard InChI is InChI=1S/C14H15ClN2O/c1-9(2)18-12-7-5-4-6-11(12)13-10(3)14(15)17-8-16-13/h4-9H,1-3H3. The number of benzene rings is 1. The highest BCUT2D eigenvalue weighted by Gasteiger charge is 2.12. The van der Waals surface area contributed by atoms with E-state index in [2.05, 4.69) is 9.97 Å². The second-order valence-electron chi connectivity index (χ2n) is 4.30. The van der Waals surface area contributed by atoms with Gasteiger partial charge in [-0.3, -0.25) is 0 Å². The van der Waals surface area contributed by atoms with E-state index in [1.807, 2.05) is 45.0 Å². The van der Waals surface area contributed by atoms with Crippen LogP contribution >= 0.6 is 11.6 Å². The lowest BCUT2D eigenvalue weighted by Crippen LogP contribution is -2.07. The normalized spacial score (nSPS) is 10.7. The Morgan fingerprint density at radius 1 is 1.17 bits per heavy atom. The van der Waals surface area contributed by atoms with Gasteiger partial charge in [-0.05, 0) is 32.9 Å². The second-order valence-corrected chi connectivity index (χ2v) is 4.66. The van der Waals surface area contributed by atoms with Crippen molar-refractivity contribution >= 4 is 11.6 Å². The van der Waals surface area contributed by atoms with Crippen LogP contribution in [0.5, 0.6) is 5.75 Å². The van der Waals surface area contributed by atoms with Gasteiger partial charge >= 0.3 is 0 Å². The molecule has 0 amide bonds. The minimum atomic E-state index is 0.115. The average molecular weight is 263 g/mol. The van der Waals surface area contributed by atoms with Crippen molar-refractivity contribution in [2.75, 3.05) is 0 Å². The zero-order valence-electron chi connectivity index (χ0n) is 10.6. The van der Waals surface area contributed by atoms with Gasteiger partial charge in [-0.15, -0.1) is 0 Å². The molecular weight excluding hydrogens is 248 g/mol. The van der Waals surface area contributed by atoms with Crippen molar-refractivity contribution in [2.45, 2.75) is 26.9 Å². The Hall–Kier alpha value is -1.61. The first-order valence-electron chi connectivity index (χ1n) is 5.82. The molecule has 1 aromatic heterocycles. The third-order valence-electron chi connectivity index (χ3n) is 2.53. The van der Waals surface area contributed by atoms with Crippen molar-refractivity contribution in [3.8, 4) is 17.0 Å². The number of halogens is 1. The van der Waals surface area contributed by atoms with Gasteiger partial charge in [0.05, 0.1) is 11.8 Å². The molecule has 0 aliphatic heterocycles. The molecule has 0 aliphatic rings. The van der Waals surface area contributed by atoms with Gasteiger partial charge in [0.2, 0.25) is 0 Å². The van der Waals surface area contributed by atoms with Crippen LogP contribution in [0.3, 0.4) is 0 Å². The summed E-state index contributed by atoms with van der Waals surface area (Å²) in [5.74, 6) is 0.811. The maximum atomic E-state index is 6.03. The molecule has 0 N–H and O–H groups in total. The number of rotatable bonds is 3. The fourth-order valence-electron chi connectivity index (χ4n) is 1.72. The molecule has 0 radical (unpaired) electrons. The summed E-state index contributed by atoms with van der Waals surface area (Å²) in [6.45, 7) is 5.90. The van der Waals surface area contributed by atoms with Crippen molar-refractivity contribution in [3.63, 3.8) is 0 Å². The van der Waals surface area contributed by atoms with Crippen LogP contribution in [0.15, 0.2) is 30.6 Å². The molecule has 2 aromatic rings. The number of aromatic nitrogens is 2. The van der Waals surface area contributed by atoms with Crippen LogP contribution in [-0.4, -0.2) is 16.1 Å². The Morgan fingerprint density at radius 2 is 1.89 bits per heavy atom. The first kappa shape index (κ1) is 12.8. The molecule has 1 aromatic carbocycles. The topological polar surface area (TPSA) is 35.0 Å². The van der Waals surface area contributed by atoms with E-state index in [4.69, 9.17) is 16.3 Å². The maximum Gasteiger partial charge on any atom is 0.135 e. The Kier molecular flexibility index (Phi) is 3.82. The largest absolute Gasteiger partial charge is 0.490 e. The molecule has 0 unspecified atom stereocenters. The van der Waals surface area contributed by atoms with Gasteiger partial charge in [-0.2, -0.15) is 0 Å². The molecule has 0 fully saturated rings. The molecule has 18 heavy (non-hydrogen) atoms. The van der Waals surface area contributed by atoms with E-state index < -0.39 is 0 Å². The highest BCUT2D eigenvalue weighted by atomic mass is 35.5. The number of hydrogen-bond donors (Lipinski definition) is 0. The second kappa shape index (κ2) is 5.36. The molecule has 0 bridgehead atoms. The number of ether oxygens (including phenoxy) is 1. The van der Waals surface area contributed by atoms with E-state index in [1.165, 1.54) is 6.33 Å². The smallest absolute Gasteiger partial charge is 0.135 e. The van der Waals surface area contributed by atoms with E-state index in [9.17, 15) is 0 Å². The van der Waals surface area contributed by atoms with Gasteiger partial charge in [0.25, 0.3) is 0 Å². The summed E-state index contributed by atoms with van der Waals surface area (Å²) in [6.07, 6.45) is 1.58. The van der Waals surface area contributed by atoms with Gasteiger partial charge in [-0.1, -0.05) is 23.7 Å². The Bertz CT molecular complexity index is 555. The third-order valence-corrected chi connectivity index (χ3v) is 2.91. The van der Waals surface area contributed by atoms with E-state index in [1.54, 1.807) is 0 Å². The molecule has 0 saturated heterocycles. The highest BCUT2D eigenvalue weighted by Crippen LogP contribution is 2.32. The first-order chi connectivity index (χ1) is 8.59. The number of nitrogens with zero attached hydrogens (tertiary/aromatic N) is 2. The third kappa shape index (κ3) is 2.62. The summed E-state index contributed by atoms with van der Waals surface area (Å²) in [5, 5.41) is 0.472. The van der Waals surface area contributed by atoms with Crippen molar-refractivity contribution < 1.29 is 4.74 Å². The molecule has 2 rings (SSSR count). The van der Waals surface area contributed by atoms with Crippen LogP contribution in [-0.2, 0) is 0 Å². The summed E-state index contributed by atoms with van der Waals surface area (Å²) < 4.78 is 5.79. The molecule has 0 spiro atoms. The SMILES string of the molecule is Cc1c(Cl)ncnc1-c1ccccc1OC(C)C. The molecular formula is C14H15ClN2O.